The molecule has 11 heteroatoms. The molecule has 3 heterocycles. The molecule has 0 aliphatic carbocycles. The van der Waals surface area contributed by atoms with Crippen LogP contribution in [0.15, 0.2) is 55.0 Å². The van der Waals surface area contributed by atoms with Crippen molar-refractivity contribution in [3.63, 3.8) is 0 Å². The van der Waals surface area contributed by atoms with Crippen LogP contribution in [0.3, 0.4) is 0 Å². The number of ether oxygens (including phenoxy) is 3. The van der Waals surface area contributed by atoms with Crippen LogP contribution in [0.1, 0.15) is 12.1 Å². The highest BCUT2D eigenvalue weighted by molar-refractivity contribution is 6.32. The van der Waals surface area contributed by atoms with Crippen molar-refractivity contribution in [3.05, 3.63) is 65.7 Å². The van der Waals surface area contributed by atoms with Crippen molar-refractivity contribution in [2.75, 3.05) is 50.5 Å². The molecule has 192 valence electrons. The maximum absolute atomic E-state index is 6.46. The largest absolute Gasteiger partial charge is 0.491 e. The molecule has 0 unspecified atom stereocenters. The molecule has 0 atom stereocenters. The van der Waals surface area contributed by atoms with Gasteiger partial charge < -0.3 is 25.3 Å². The van der Waals surface area contributed by atoms with Crippen LogP contribution in [0.2, 0.25) is 5.02 Å². The fraction of sp³-hybridized carbons (Fsp3) is 0.308. The topological polar surface area (TPSA) is 121 Å². The number of rotatable bonds is 10. The van der Waals surface area contributed by atoms with Crippen molar-refractivity contribution in [1.29, 1.82) is 0 Å². The smallest absolute Gasteiger partial charge is 0.144 e. The molecule has 0 radical (unpaired) electrons. The second kappa shape index (κ2) is 12.0. The number of nitrogens with two attached hydrogens (primary N) is 1. The quantitative estimate of drug-likeness (QED) is 0.233. The summed E-state index contributed by atoms with van der Waals surface area (Å²) >= 11 is 6.46. The van der Waals surface area contributed by atoms with Crippen LogP contribution in [0, 0.1) is 0 Å². The molecule has 0 bridgehead atoms. The van der Waals surface area contributed by atoms with Crippen molar-refractivity contribution in [2.24, 2.45) is 0 Å². The highest BCUT2D eigenvalue weighted by Crippen LogP contribution is 2.33. The average Bonchev–Trinajstić information content (AvgIpc) is 2.92. The zero-order valence-corrected chi connectivity index (χ0v) is 21.0. The first-order valence-corrected chi connectivity index (χ1v) is 12.5. The number of fused-ring (bicyclic) bond motifs is 1. The van der Waals surface area contributed by atoms with Gasteiger partial charge in [0.25, 0.3) is 0 Å². The Morgan fingerprint density at radius 2 is 1.95 bits per heavy atom. The maximum atomic E-state index is 6.46. The van der Waals surface area contributed by atoms with Gasteiger partial charge in [0.1, 0.15) is 35.9 Å². The second-order valence-electron chi connectivity index (χ2n) is 8.56. The molecule has 4 aromatic rings. The first-order chi connectivity index (χ1) is 18.2. The van der Waals surface area contributed by atoms with E-state index in [2.05, 4.69) is 30.4 Å². The lowest BCUT2D eigenvalue weighted by Gasteiger charge is -2.26. The van der Waals surface area contributed by atoms with Crippen LogP contribution >= 0.6 is 11.6 Å². The van der Waals surface area contributed by atoms with E-state index in [1.807, 2.05) is 24.3 Å². The molecule has 0 saturated carbocycles. The molecule has 0 amide bonds. The first-order valence-electron chi connectivity index (χ1n) is 12.1. The van der Waals surface area contributed by atoms with E-state index >= 15 is 0 Å². The summed E-state index contributed by atoms with van der Waals surface area (Å²) in [5.41, 5.74) is 9.04. The van der Waals surface area contributed by atoms with Gasteiger partial charge >= 0.3 is 0 Å². The summed E-state index contributed by atoms with van der Waals surface area (Å²) in [7, 11) is 0. The maximum Gasteiger partial charge on any atom is 0.144 e. The van der Waals surface area contributed by atoms with Crippen LogP contribution in [-0.2, 0) is 11.3 Å². The van der Waals surface area contributed by atoms with Gasteiger partial charge in [-0.25, -0.2) is 9.97 Å². The minimum Gasteiger partial charge on any atom is -0.491 e. The average molecular weight is 522 g/mol. The van der Waals surface area contributed by atoms with E-state index in [0.717, 1.165) is 55.9 Å². The van der Waals surface area contributed by atoms with Gasteiger partial charge in [0.05, 0.1) is 36.0 Å². The Morgan fingerprint density at radius 1 is 1.05 bits per heavy atom. The fourth-order valence-corrected chi connectivity index (χ4v) is 4.25. The number of nitrogens with zero attached hydrogens (tertiary/aromatic N) is 5. The number of nitrogens with one attached hydrogen (secondary N) is 1. The molecule has 1 aliphatic rings. The van der Waals surface area contributed by atoms with Crippen LogP contribution in [0.4, 0.5) is 17.2 Å². The number of halogens is 1. The minimum atomic E-state index is 0.272. The Hall–Kier alpha value is -3.73. The third kappa shape index (κ3) is 6.53. The van der Waals surface area contributed by atoms with Gasteiger partial charge in [0.15, 0.2) is 0 Å². The van der Waals surface area contributed by atoms with Crippen molar-refractivity contribution in [3.8, 4) is 11.5 Å². The number of aromatic nitrogens is 4. The molecule has 1 fully saturated rings. The van der Waals surface area contributed by atoms with Gasteiger partial charge in [-0.1, -0.05) is 11.6 Å². The number of benzene rings is 2. The van der Waals surface area contributed by atoms with Crippen LogP contribution in [0.5, 0.6) is 11.5 Å². The van der Waals surface area contributed by atoms with E-state index in [1.165, 1.54) is 6.33 Å². The standard InChI is InChI=1S/C26H28ClN7O3/c27-21-13-18(4-5-24(21)37-16-19-3-1-6-31-33-19)32-26-20-14-22(28)25(15-23(20)29-17-30-26)36-10-2-7-34-8-11-35-12-9-34/h1,3-6,13-15,17H,2,7-12,16,28H2,(H,29,30,32). The number of anilines is 3. The summed E-state index contributed by atoms with van der Waals surface area (Å²) in [6.07, 6.45) is 4.03. The van der Waals surface area contributed by atoms with E-state index in [0.29, 0.717) is 40.3 Å². The molecule has 3 N–H and O–H groups in total. The third-order valence-corrected chi connectivity index (χ3v) is 6.24. The molecule has 5 rings (SSSR count). The van der Waals surface area contributed by atoms with E-state index in [-0.39, 0.29) is 6.61 Å². The summed E-state index contributed by atoms with van der Waals surface area (Å²) < 4.78 is 17.1. The highest BCUT2D eigenvalue weighted by Gasteiger charge is 2.13. The van der Waals surface area contributed by atoms with E-state index < -0.39 is 0 Å². The number of nitrogen functional groups attached to an aromatic ring is 1. The monoisotopic (exact) mass is 521 g/mol. The van der Waals surface area contributed by atoms with Gasteiger partial charge in [-0.15, -0.1) is 0 Å². The molecular formula is C26H28ClN7O3. The fourth-order valence-electron chi connectivity index (χ4n) is 4.01. The summed E-state index contributed by atoms with van der Waals surface area (Å²) in [4.78, 5) is 11.2. The predicted octanol–water partition coefficient (Wildman–Crippen LogP) is 4.08. The predicted molar refractivity (Wildman–Crippen MR) is 142 cm³/mol. The third-order valence-electron chi connectivity index (χ3n) is 5.94. The van der Waals surface area contributed by atoms with E-state index in [9.17, 15) is 0 Å². The molecule has 1 saturated heterocycles. The number of hydrogen-bond acceptors (Lipinski definition) is 10. The SMILES string of the molecule is Nc1cc2c(Nc3ccc(OCc4cccnn4)c(Cl)c3)ncnc2cc1OCCCN1CCOCC1. The molecule has 2 aromatic heterocycles. The van der Waals surface area contributed by atoms with Crippen molar-refractivity contribution in [1.82, 2.24) is 25.1 Å². The summed E-state index contributed by atoms with van der Waals surface area (Å²) in [5, 5.41) is 12.4. The highest BCUT2D eigenvalue weighted by atomic mass is 35.5. The first kappa shape index (κ1) is 24.9. The van der Waals surface area contributed by atoms with Crippen LogP contribution in [-0.4, -0.2) is 64.5 Å². The molecule has 1 aliphatic heterocycles. The number of morpholine rings is 1. The molecular weight excluding hydrogens is 494 g/mol. The lowest BCUT2D eigenvalue weighted by atomic mass is 10.2. The Bertz CT molecular complexity index is 1340. The van der Waals surface area contributed by atoms with Gasteiger partial charge in [0.2, 0.25) is 0 Å². The molecule has 2 aromatic carbocycles. The number of hydrogen-bond donors (Lipinski definition) is 2. The van der Waals surface area contributed by atoms with Crippen LogP contribution in [0.25, 0.3) is 10.9 Å². The van der Waals surface area contributed by atoms with E-state index in [1.54, 1.807) is 24.4 Å². The molecule has 37 heavy (non-hydrogen) atoms. The van der Waals surface area contributed by atoms with Crippen molar-refractivity contribution >= 4 is 39.7 Å². The Labute approximate surface area is 219 Å². The molecule has 0 spiro atoms. The molecule has 10 nitrogen and oxygen atoms in total. The zero-order valence-electron chi connectivity index (χ0n) is 20.3. The summed E-state index contributed by atoms with van der Waals surface area (Å²) in [6.45, 7) is 5.34. The second-order valence-corrected chi connectivity index (χ2v) is 8.97. The van der Waals surface area contributed by atoms with Gasteiger partial charge in [-0.05, 0) is 42.8 Å². The lowest BCUT2D eigenvalue weighted by molar-refractivity contribution is 0.0358. The Kier molecular flexibility index (Phi) is 8.09. The summed E-state index contributed by atoms with van der Waals surface area (Å²) in [6, 6.07) is 12.8. The van der Waals surface area contributed by atoms with Gasteiger partial charge in [-0.3, -0.25) is 4.90 Å². The van der Waals surface area contributed by atoms with Gasteiger partial charge in [-0.2, -0.15) is 10.2 Å². The van der Waals surface area contributed by atoms with E-state index in [4.69, 9.17) is 31.5 Å². The summed E-state index contributed by atoms with van der Waals surface area (Å²) in [5.74, 6) is 1.77. The lowest BCUT2D eigenvalue weighted by Crippen LogP contribution is -2.37. The Balaban J connectivity index is 1.23. The Morgan fingerprint density at radius 3 is 2.76 bits per heavy atom. The van der Waals surface area contributed by atoms with Crippen molar-refractivity contribution < 1.29 is 14.2 Å². The normalized spacial score (nSPS) is 14.0. The zero-order chi connectivity index (χ0) is 25.5. The minimum absolute atomic E-state index is 0.272. The van der Waals surface area contributed by atoms with Crippen LogP contribution < -0.4 is 20.5 Å². The van der Waals surface area contributed by atoms with Crippen molar-refractivity contribution in [2.45, 2.75) is 13.0 Å². The van der Waals surface area contributed by atoms with Gasteiger partial charge in [0, 0.05) is 43.0 Å².